The van der Waals surface area contributed by atoms with Crippen molar-refractivity contribution in [3.05, 3.63) is 11.9 Å². The van der Waals surface area contributed by atoms with E-state index in [0.29, 0.717) is 12.5 Å². The van der Waals surface area contributed by atoms with E-state index in [9.17, 15) is 0 Å². The summed E-state index contributed by atoms with van der Waals surface area (Å²) in [5, 5.41) is 3.33. The second-order valence-electron chi connectivity index (χ2n) is 5.78. The summed E-state index contributed by atoms with van der Waals surface area (Å²) in [6.07, 6.45) is 3.48. The van der Waals surface area contributed by atoms with Crippen molar-refractivity contribution < 1.29 is 4.74 Å². The van der Waals surface area contributed by atoms with Crippen LogP contribution in [0.4, 0.5) is 5.82 Å². The van der Waals surface area contributed by atoms with E-state index in [2.05, 4.69) is 62.0 Å². The van der Waals surface area contributed by atoms with E-state index in [1.165, 1.54) is 0 Å². The van der Waals surface area contributed by atoms with Crippen LogP contribution in [0.15, 0.2) is 6.33 Å². The van der Waals surface area contributed by atoms with Crippen molar-refractivity contribution in [1.82, 2.24) is 14.9 Å². The Morgan fingerprint density at radius 1 is 1.25 bits per heavy atom. The van der Waals surface area contributed by atoms with Crippen LogP contribution >= 0.6 is 0 Å². The topological polar surface area (TPSA) is 50.3 Å². The maximum atomic E-state index is 5.94. The van der Waals surface area contributed by atoms with Crippen LogP contribution in [0.25, 0.3) is 0 Å². The number of ether oxygens (including phenoxy) is 1. The fourth-order valence-electron chi connectivity index (χ4n) is 1.61. The first kappa shape index (κ1) is 16.7. The van der Waals surface area contributed by atoms with Crippen LogP contribution in [0.1, 0.15) is 39.7 Å². The molecule has 0 unspecified atom stereocenters. The average molecular weight is 280 g/mol. The van der Waals surface area contributed by atoms with Crippen molar-refractivity contribution in [2.24, 2.45) is 0 Å². The molecule has 1 aromatic rings. The van der Waals surface area contributed by atoms with Crippen molar-refractivity contribution >= 4 is 5.82 Å². The molecule has 1 aromatic heterocycles. The summed E-state index contributed by atoms with van der Waals surface area (Å²) >= 11 is 0. The Bertz CT molecular complexity index is 418. The van der Waals surface area contributed by atoms with Gasteiger partial charge in [0, 0.05) is 12.1 Å². The highest BCUT2D eigenvalue weighted by atomic mass is 16.5. The van der Waals surface area contributed by atoms with Gasteiger partial charge in [-0.3, -0.25) is 0 Å². The van der Waals surface area contributed by atoms with Crippen LogP contribution in [0.3, 0.4) is 0 Å². The van der Waals surface area contributed by atoms with Crippen molar-refractivity contribution in [2.45, 2.75) is 46.1 Å². The van der Waals surface area contributed by atoms with E-state index in [4.69, 9.17) is 4.74 Å². The molecule has 0 aliphatic heterocycles. The van der Waals surface area contributed by atoms with Crippen LogP contribution in [0, 0.1) is 0 Å². The number of hydrogen-bond donors (Lipinski definition) is 1. The molecule has 0 aliphatic rings. The van der Waals surface area contributed by atoms with Crippen LogP contribution in [-0.4, -0.2) is 47.7 Å². The Labute approximate surface area is 122 Å². The Kier molecular flexibility index (Phi) is 6.20. The first-order valence-electron chi connectivity index (χ1n) is 7.30. The number of nitrogens with one attached hydrogen (secondary N) is 1. The molecular formula is C15H28N4O. The van der Waals surface area contributed by atoms with E-state index < -0.39 is 0 Å². The molecule has 0 aromatic carbocycles. The van der Waals surface area contributed by atoms with Crippen LogP contribution in [-0.2, 0) is 6.42 Å². The molecule has 1 heterocycles. The van der Waals surface area contributed by atoms with E-state index in [1.54, 1.807) is 6.33 Å². The van der Waals surface area contributed by atoms with Gasteiger partial charge in [-0.1, -0.05) is 13.8 Å². The van der Waals surface area contributed by atoms with E-state index in [-0.39, 0.29) is 5.54 Å². The lowest BCUT2D eigenvalue weighted by Crippen LogP contribution is -2.43. The largest absolute Gasteiger partial charge is 0.475 e. The molecular weight excluding hydrogens is 252 g/mol. The van der Waals surface area contributed by atoms with Crippen LogP contribution < -0.4 is 10.1 Å². The fraction of sp³-hybridized carbons (Fsp3) is 0.733. The molecule has 5 heteroatoms. The van der Waals surface area contributed by atoms with Crippen LogP contribution in [0.2, 0.25) is 0 Å². The highest BCUT2D eigenvalue weighted by molar-refractivity contribution is 5.48. The molecule has 114 valence electrons. The highest BCUT2D eigenvalue weighted by Crippen LogP contribution is 2.24. The SMILES string of the molecule is CCCNc1ncnc(OCC(C)(C)N(C)C)c1CC. The summed E-state index contributed by atoms with van der Waals surface area (Å²) in [7, 11) is 4.11. The van der Waals surface area contributed by atoms with Gasteiger partial charge in [-0.05, 0) is 40.8 Å². The van der Waals surface area contributed by atoms with Gasteiger partial charge in [-0.2, -0.15) is 0 Å². The minimum atomic E-state index is -0.0348. The summed E-state index contributed by atoms with van der Waals surface area (Å²) in [5.74, 6) is 1.58. The number of rotatable bonds is 8. The molecule has 0 saturated heterocycles. The molecule has 0 fully saturated rings. The Morgan fingerprint density at radius 3 is 2.50 bits per heavy atom. The Morgan fingerprint density at radius 2 is 1.95 bits per heavy atom. The van der Waals surface area contributed by atoms with Gasteiger partial charge in [0.25, 0.3) is 0 Å². The number of likely N-dealkylation sites (N-methyl/N-ethyl adjacent to an activating group) is 1. The molecule has 1 N–H and O–H groups in total. The number of hydrogen-bond acceptors (Lipinski definition) is 5. The van der Waals surface area contributed by atoms with Gasteiger partial charge in [0.2, 0.25) is 5.88 Å². The van der Waals surface area contributed by atoms with Gasteiger partial charge in [-0.25, -0.2) is 9.97 Å². The van der Waals surface area contributed by atoms with Gasteiger partial charge in [0.05, 0.1) is 5.56 Å². The lowest BCUT2D eigenvalue weighted by Gasteiger charge is -2.32. The monoisotopic (exact) mass is 280 g/mol. The maximum Gasteiger partial charge on any atom is 0.221 e. The lowest BCUT2D eigenvalue weighted by molar-refractivity contribution is 0.110. The van der Waals surface area contributed by atoms with Crippen molar-refractivity contribution in [2.75, 3.05) is 32.6 Å². The van der Waals surface area contributed by atoms with E-state index in [0.717, 1.165) is 30.8 Å². The lowest BCUT2D eigenvalue weighted by atomic mass is 10.1. The standard InChI is InChI=1S/C15H28N4O/c1-7-9-16-13-12(8-2)14(18-11-17-13)20-10-15(3,4)19(5)6/h11H,7-10H2,1-6H3,(H,16,17,18). The third kappa shape index (κ3) is 4.34. The average Bonchev–Trinajstić information content (AvgIpc) is 2.42. The number of anilines is 1. The number of aromatic nitrogens is 2. The Hall–Kier alpha value is -1.36. The van der Waals surface area contributed by atoms with E-state index >= 15 is 0 Å². The first-order chi connectivity index (χ1) is 9.42. The van der Waals surface area contributed by atoms with Crippen LogP contribution in [0.5, 0.6) is 5.88 Å². The normalized spacial score (nSPS) is 11.8. The minimum Gasteiger partial charge on any atom is -0.475 e. The second kappa shape index (κ2) is 7.43. The summed E-state index contributed by atoms with van der Waals surface area (Å²) in [4.78, 5) is 10.8. The summed E-state index contributed by atoms with van der Waals surface area (Å²) in [5.41, 5.74) is 1.02. The van der Waals surface area contributed by atoms with Gasteiger partial charge < -0.3 is 15.0 Å². The third-order valence-electron chi connectivity index (χ3n) is 3.57. The molecule has 0 atom stereocenters. The smallest absolute Gasteiger partial charge is 0.221 e. The van der Waals surface area contributed by atoms with Gasteiger partial charge in [-0.15, -0.1) is 0 Å². The quantitative estimate of drug-likeness (QED) is 0.793. The molecule has 0 bridgehead atoms. The molecule has 0 amide bonds. The molecule has 0 spiro atoms. The van der Waals surface area contributed by atoms with Crippen molar-refractivity contribution in [1.29, 1.82) is 0 Å². The zero-order chi connectivity index (χ0) is 15.2. The maximum absolute atomic E-state index is 5.94. The highest BCUT2D eigenvalue weighted by Gasteiger charge is 2.22. The molecule has 20 heavy (non-hydrogen) atoms. The van der Waals surface area contributed by atoms with Gasteiger partial charge >= 0.3 is 0 Å². The zero-order valence-electron chi connectivity index (χ0n) is 13.7. The summed E-state index contributed by atoms with van der Waals surface area (Å²) in [6, 6.07) is 0. The fourth-order valence-corrected chi connectivity index (χ4v) is 1.61. The molecule has 5 nitrogen and oxygen atoms in total. The molecule has 1 rings (SSSR count). The molecule has 0 radical (unpaired) electrons. The minimum absolute atomic E-state index is 0.0348. The summed E-state index contributed by atoms with van der Waals surface area (Å²) in [6.45, 7) is 10.0. The van der Waals surface area contributed by atoms with Gasteiger partial charge in [0.15, 0.2) is 0 Å². The van der Waals surface area contributed by atoms with Gasteiger partial charge in [0.1, 0.15) is 18.8 Å². The van der Waals surface area contributed by atoms with Crippen molar-refractivity contribution in [3.8, 4) is 5.88 Å². The number of nitrogens with zero attached hydrogens (tertiary/aromatic N) is 3. The predicted molar refractivity (Wildman–Crippen MR) is 83.5 cm³/mol. The zero-order valence-corrected chi connectivity index (χ0v) is 13.7. The predicted octanol–water partition coefficient (Wildman–Crippen LogP) is 2.58. The van der Waals surface area contributed by atoms with E-state index in [1.807, 2.05) is 0 Å². The second-order valence-corrected chi connectivity index (χ2v) is 5.78. The molecule has 0 aliphatic carbocycles. The molecule has 0 saturated carbocycles. The summed E-state index contributed by atoms with van der Waals surface area (Å²) < 4.78 is 5.94. The first-order valence-corrected chi connectivity index (χ1v) is 7.30. The Balaban J connectivity index is 2.84. The third-order valence-corrected chi connectivity index (χ3v) is 3.57. The van der Waals surface area contributed by atoms with Crippen molar-refractivity contribution in [3.63, 3.8) is 0 Å².